The number of nitrogens with one attached hydrogen (secondary N) is 2. The summed E-state index contributed by atoms with van der Waals surface area (Å²) in [5.74, 6) is 0.639. The maximum atomic E-state index is 12.5. The number of halogens is 1. The normalized spacial score (nSPS) is 12.4. The maximum Gasteiger partial charge on any atom is 0.408 e. The molecule has 6 nitrogen and oxygen atoms in total. The van der Waals surface area contributed by atoms with Crippen LogP contribution in [0.5, 0.6) is 5.75 Å². The van der Waals surface area contributed by atoms with Crippen molar-refractivity contribution in [3.05, 3.63) is 82.7 Å². The number of rotatable bonds is 7. The Balaban J connectivity index is 1.49. The van der Waals surface area contributed by atoms with Crippen LogP contribution in [0.4, 0.5) is 4.79 Å². The number of pyridine rings is 1. The highest BCUT2D eigenvalue weighted by molar-refractivity contribution is 9.10. The van der Waals surface area contributed by atoms with Gasteiger partial charge in [0.25, 0.3) is 0 Å². The summed E-state index contributed by atoms with van der Waals surface area (Å²) < 4.78 is 12.6. The average Bonchev–Trinajstić information content (AvgIpc) is 3.18. The Morgan fingerprint density at radius 3 is 2.60 bits per heavy atom. The topological polar surface area (TPSA) is 76.2 Å². The molecular formula is C28H30BrN3O3. The number of hydrogen-bond donors (Lipinski definition) is 2. The number of carbonyl (C=O) groups excluding carboxylic acids is 1. The van der Waals surface area contributed by atoms with E-state index in [4.69, 9.17) is 9.47 Å². The highest BCUT2D eigenvalue weighted by Crippen LogP contribution is 2.27. The van der Waals surface area contributed by atoms with Crippen molar-refractivity contribution in [2.45, 2.75) is 45.8 Å². The lowest BCUT2D eigenvalue weighted by Crippen LogP contribution is -2.43. The van der Waals surface area contributed by atoms with Crippen LogP contribution in [-0.4, -0.2) is 34.3 Å². The van der Waals surface area contributed by atoms with E-state index in [0.29, 0.717) is 12.2 Å². The first-order valence-corrected chi connectivity index (χ1v) is 12.4. The van der Waals surface area contributed by atoms with Crippen LogP contribution in [0.2, 0.25) is 0 Å². The number of H-pyrrole nitrogens is 1. The van der Waals surface area contributed by atoms with E-state index in [-0.39, 0.29) is 12.6 Å². The monoisotopic (exact) mass is 535 g/mol. The third kappa shape index (κ3) is 6.85. The lowest BCUT2D eigenvalue weighted by atomic mass is 10.0. The van der Waals surface area contributed by atoms with E-state index in [1.807, 2.05) is 63.5 Å². The molecule has 2 aromatic heterocycles. The molecule has 1 amide bonds. The summed E-state index contributed by atoms with van der Waals surface area (Å²) >= 11 is 3.46. The Kier molecular flexibility index (Phi) is 7.45. The SMILES string of the molecule is Cc1c[nH]c2ccc(-c3cncc(OC[C@H](Cc4ccc(Br)cc4)NC(=O)OC(C)(C)C)c3)cc12. The predicted octanol–water partition coefficient (Wildman–Crippen LogP) is 6.82. The molecule has 182 valence electrons. The molecule has 0 saturated heterocycles. The van der Waals surface area contributed by atoms with E-state index in [1.54, 1.807) is 6.20 Å². The Hall–Kier alpha value is -3.32. The smallest absolute Gasteiger partial charge is 0.408 e. The van der Waals surface area contributed by atoms with Gasteiger partial charge in [-0.25, -0.2) is 4.79 Å². The first-order valence-electron chi connectivity index (χ1n) is 11.6. The molecule has 0 saturated carbocycles. The van der Waals surface area contributed by atoms with Crippen LogP contribution in [0.1, 0.15) is 31.9 Å². The Morgan fingerprint density at radius 1 is 1.09 bits per heavy atom. The number of aromatic amines is 1. The molecule has 7 heteroatoms. The molecular weight excluding hydrogens is 506 g/mol. The minimum atomic E-state index is -0.579. The fourth-order valence-corrected chi connectivity index (χ4v) is 4.09. The molecule has 0 aliphatic heterocycles. The van der Waals surface area contributed by atoms with Crippen LogP contribution < -0.4 is 10.1 Å². The second-order valence-electron chi connectivity index (χ2n) is 9.63. The van der Waals surface area contributed by atoms with Gasteiger partial charge in [0.1, 0.15) is 18.0 Å². The Morgan fingerprint density at radius 2 is 1.86 bits per heavy atom. The van der Waals surface area contributed by atoms with Crippen molar-refractivity contribution in [2.24, 2.45) is 0 Å². The number of amides is 1. The zero-order chi connectivity index (χ0) is 25.0. The quantitative estimate of drug-likeness (QED) is 0.272. The maximum absolute atomic E-state index is 12.5. The van der Waals surface area contributed by atoms with Crippen molar-refractivity contribution in [1.29, 1.82) is 0 Å². The van der Waals surface area contributed by atoms with E-state index >= 15 is 0 Å². The van der Waals surface area contributed by atoms with Gasteiger partial charge in [0.15, 0.2) is 0 Å². The van der Waals surface area contributed by atoms with E-state index in [9.17, 15) is 4.79 Å². The number of fused-ring (bicyclic) bond motifs is 1. The third-order valence-electron chi connectivity index (χ3n) is 5.50. The van der Waals surface area contributed by atoms with E-state index in [2.05, 4.69) is 56.3 Å². The van der Waals surface area contributed by atoms with Gasteiger partial charge in [0.2, 0.25) is 0 Å². The van der Waals surface area contributed by atoms with Crippen molar-refractivity contribution in [2.75, 3.05) is 6.61 Å². The molecule has 0 aliphatic carbocycles. The van der Waals surface area contributed by atoms with Gasteiger partial charge in [0, 0.05) is 33.3 Å². The van der Waals surface area contributed by atoms with Crippen LogP contribution in [0, 0.1) is 6.92 Å². The minimum absolute atomic E-state index is 0.274. The summed E-state index contributed by atoms with van der Waals surface area (Å²) in [6, 6.07) is 16.0. The molecule has 2 heterocycles. The summed E-state index contributed by atoms with van der Waals surface area (Å²) in [6.07, 6.45) is 5.66. The molecule has 4 aromatic rings. The molecule has 0 aliphatic rings. The molecule has 0 fully saturated rings. The second kappa shape index (κ2) is 10.5. The fraction of sp³-hybridized carbons (Fsp3) is 0.286. The molecule has 0 unspecified atom stereocenters. The van der Waals surface area contributed by atoms with Gasteiger partial charge >= 0.3 is 6.09 Å². The van der Waals surface area contributed by atoms with Crippen LogP contribution in [0.15, 0.2) is 71.6 Å². The van der Waals surface area contributed by atoms with Crippen molar-refractivity contribution in [3.63, 3.8) is 0 Å². The largest absolute Gasteiger partial charge is 0.490 e. The first-order chi connectivity index (χ1) is 16.7. The molecule has 2 N–H and O–H groups in total. The van der Waals surface area contributed by atoms with Crippen LogP contribution in [0.25, 0.3) is 22.0 Å². The molecule has 0 spiro atoms. The highest BCUT2D eigenvalue weighted by Gasteiger charge is 2.20. The van der Waals surface area contributed by atoms with Crippen molar-refractivity contribution in [1.82, 2.24) is 15.3 Å². The van der Waals surface area contributed by atoms with Gasteiger partial charge in [-0.3, -0.25) is 4.98 Å². The van der Waals surface area contributed by atoms with Crippen LogP contribution >= 0.6 is 15.9 Å². The van der Waals surface area contributed by atoms with Crippen molar-refractivity contribution >= 4 is 32.9 Å². The molecule has 35 heavy (non-hydrogen) atoms. The van der Waals surface area contributed by atoms with Gasteiger partial charge in [-0.05, 0) is 81.1 Å². The molecule has 0 bridgehead atoms. The van der Waals surface area contributed by atoms with Crippen LogP contribution in [-0.2, 0) is 11.2 Å². The van der Waals surface area contributed by atoms with E-state index < -0.39 is 11.7 Å². The summed E-state index contributed by atoms with van der Waals surface area (Å²) in [6.45, 7) is 7.89. The zero-order valence-corrected chi connectivity index (χ0v) is 22.0. The van der Waals surface area contributed by atoms with Gasteiger partial charge in [-0.2, -0.15) is 0 Å². The van der Waals surface area contributed by atoms with Crippen molar-refractivity contribution < 1.29 is 14.3 Å². The highest BCUT2D eigenvalue weighted by atomic mass is 79.9. The van der Waals surface area contributed by atoms with Gasteiger partial charge in [0.05, 0.1) is 12.2 Å². The van der Waals surface area contributed by atoms with Gasteiger partial charge in [-0.15, -0.1) is 0 Å². The fourth-order valence-electron chi connectivity index (χ4n) is 3.82. The summed E-state index contributed by atoms with van der Waals surface area (Å²) in [4.78, 5) is 20.1. The summed E-state index contributed by atoms with van der Waals surface area (Å²) in [5.41, 5.74) is 4.84. The number of benzene rings is 2. The minimum Gasteiger partial charge on any atom is -0.490 e. The average molecular weight is 536 g/mol. The number of aromatic nitrogens is 2. The summed E-state index contributed by atoms with van der Waals surface area (Å²) in [5, 5.41) is 4.14. The van der Waals surface area contributed by atoms with Crippen LogP contribution in [0.3, 0.4) is 0 Å². The second-order valence-corrected chi connectivity index (χ2v) is 10.5. The number of hydrogen-bond acceptors (Lipinski definition) is 4. The number of carbonyl (C=O) groups is 1. The van der Waals surface area contributed by atoms with E-state index in [1.165, 1.54) is 10.9 Å². The van der Waals surface area contributed by atoms with Crippen molar-refractivity contribution in [3.8, 4) is 16.9 Å². The standard InChI is InChI=1S/C28H30BrN3O3/c1-18-14-31-26-10-7-20(13-25(18)26)21-12-24(16-30-15-21)34-17-23(32-27(33)35-28(2,3)4)11-19-5-8-22(29)9-6-19/h5-10,12-16,23,31H,11,17H2,1-4H3,(H,32,33)/t23-/m0/s1. The predicted molar refractivity (Wildman–Crippen MR) is 143 cm³/mol. The zero-order valence-electron chi connectivity index (χ0n) is 20.4. The molecule has 1 atom stereocenters. The van der Waals surface area contributed by atoms with E-state index in [0.717, 1.165) is 26.7 Å². The Labute approximate surface area is 214 Å². The first kappa shape index (κ1) is 24.8. The molecule has 0 radical (unpaired) electrons. The van der Waals surface area contributed by atoms with Gasteiger partial charge < -0.3 is 19.8 Å². The number of nitrogens with zero attached hydrogens (tertiary/aromatic N) is 1. The molecule has 4 rings (SSSR count). The summed E-state index contributed by atoms with van der Waals surface area (Å²) in [7, 11) is 0. The molecule has 2 aromatic carbocycles. The third-order valence-corrected chi connectivity index (χ3v) is 6.03. The lowest BCUT2D eigenvalue weighted by molar-refractivity contribution is 0.0487. The number of alkyl carbamates (subject to hydrolysis) is 1. The lowest BCUT2D eigenvalue weighted by Gasteiger charge is -2.24. The Bertz CT molecular complexity index is 1310. The number of ether oxygens (including phenoxy) is 2. The number of aryl methyl sites for hydroxylation is 1. The van der Waals surface area contributed by atoms with Gasteiger partial charge in [-0.1, -0.05) is 34.1 Å².